The minimum atomic E-state index is -0.0814. The van der Waals surface area contributed by atoms with E-state index in [2.05, 4.69) is 39.1 Å². The fourth-order valence-corrected chi connectivity index (χ4v) is 4.06. The molecule has 126 valence electrons. The van der Waals surface area contributed by atoms with Gasteiger partial charge in [-0.2, -0.15) is 16.4 Å². The van der Waals surface area contributed by atoms with Crippen molar-refractivity contribution < 1.29 is 4.79 Å². The highest BCUT2D eigenvalue weighted by Gasteiger charge is 2.20. The van der Waals surface area contributed by atoms with Crippen molar-refractivity contribution in [2.24, 2.45) is 0 Å². The van der Waals surface area contributed by atoms with Crippen LogP contribution in [-0.4, -0.2) is 20.7 Å². The third-order valence-corrected chi connectivity index (χ3v) is 5.74. The summed E-state index contributed by atoms with van der Waals surface area (Å²) < 4.78 is 1.77. The molecule has 0 aliphatic rings. The molecule has 0 bridgehead atoms. The second-order valence-electron chi connectivity index (χ2n) is 5.67. The predicted molar refractivity (Wildman–Crippen MR) is 97.3 cm³/mol. The third kappa shape index (κ3) is 4.30. The van der Waals surface area contributed by atoms with Crippen LogP contribution in [0.2, 0.25) is 0 Å². The molecule has 3 aromatic heterocycles. The first-order valence-electron chi connectivity index (χ1n) is 7.83. The van der Waals surface area contributed by atoms with E-state index >= 15 is 0 Å². The van der Waals surface area contributed by atoms with Gasteiger partial charge in [-0.15, -0.1) is 11.3 Å². The topological polar surface area (TPSA) is 59.8 Å². The Bertz CT molecular complexity index is 758. The van der Waals surface area contributed by atoms with E-state index in [1.807, 2.05) is 19.2 Å². The van der Waals surface area contributed by atoms with E-state index in [0.717, 1.165) is 17.1 Å². The van der Waals surface area contributed by atoms with Crippen LogP contribution in [0.3, 0.4) is 0 Å². The van der Waals surface area contributed by atoms with Crippen LogP contribution in [0, 0.1) is 13.8 Å². The van der Waals surface area contributed by atoms with Gasteiger partial charge in [0.2, 0.25) is 5.91 Å². The zero-order chi connectivity index (χ0) is 16.9. The minimum absolute atomic E-state index is 0.0243. The Kier molecular flexibility index (Phi) is 5.42. The number of carbonyl (C=O) groups is 1. The van der Waals surface area contributed by atoms with Crippen molar-refractivity contribution in [2.75, 3.05) is 0 Å². The Hall–Kier alpha value is -1.99. The number of thiazole rings is 1. The number of amides is 1. The zero-order valence-electron chi connectivity index (χ0n) is 13.7. The summed E-state index contributed by atoms with van der Waals surface area (Å²) in [5.74, 6) is 0.0243. The van der Waals surface area contributed by atoms with E-state index in [1.165, 1.54) is 10.4 Å². The number of nitrogens with one attached hydrogen (secondary N) is 1. The molecule has 0 unspecified atom stereocenters. The fraction of sp³-hybridized carbons (Fsp3) is 0.353. The van der Waals surface area contributed by atoms with Crippen LogP contribution in [0.4, 0.5) is 0 Å². The van der Waals surface area contributed by atoms with Crippen molar-refractivity contribution in [2.45, 2.75) is 39.3 Å². The van der Waals surface area contributed by atoms with Gasteiger partial charge < -0.3 is 5.32 Å². The molecule has 24 heavy (non-hydrogen) atoms. The highest BCUT2D eigenvalue weighted by molar-refractivity contribution is 7.11. The number of hydrogen-bond acceptors (Lipinski definition) is 5. The smallest absolute Gasteiger partial charge is 0.222 e. The van der Waals surface area contributed by atoms with Gasteiger partial charge in [0.15, 0.2) is 0 Å². The van der Waals surface area contributed by atoms with Crippen molar-refractivity contribution in [1.82, 2.24) is 20.1 Å². The number of nitrogens with zero attached hydrogens (tertiary/aromatic N) is 3. The number of carbonyl (C=O) groups excluding carboxylic acids is 1. The summed E-state index contributed by atoms with van der Waals surface area (Å²) in [6, 6.07) is 3.88. The molecule has 3 rings (SSSR count). The molecule has 1 N–H and O–H groups in total. The van der Waals surface area contributed by atoms with Gasteiger partial charge in [0, 0.05) is 36.7 Å². The monoisotopic (exact) mass is 360 g/mol. The summed E-state index contributed by atoms with van der Waals surface area (Å²) in [6.45, 7) is 4.66. The van der Waals surface area contributed by atoms with Crippen LogP contribution in [0.25, 0.3) is 0 Å². The Morgan fingerprint density at radius 1 is 1.42 bits per heavy atom. The Balaban J connectivity index is 1.68. The van der Waals surface area contributed by atoms with Crippen molar-refractivity contribution in [3.63, 3.8) is 0 Å². The molecule has 3 heterocycles. The lowest BCUT2D eigenvalue weighted by atomic mass is 10.1. The number of hydrogen-bond donors (Lipinski definition) is 1. The summed E-state index contributed by atoms with van der Waals surface area (Å²) in [5.41, 5.74) is 2.26. The summed E-state index contributed by atoms with van der Waals surface area (Å²) >= 11 is 3.33. The first-order chi connectivity index (χ1) is 11.6. The van der Waals surface area contributed by atoms with Crippen LogP contribution >= 0.6 is 22.7 Å². The minimum Gasteiger partial charge on any atom is -0.346 e. The van der Waals surface area contributed by atoms with E-state index in [9.17, 15) is 4.79 Å². The van der Waals surface area contributed by atoms with Crippen LogP contribution in [0.5, 0.6) is 0 Å². The normalized spacial score (nSPS) is 12.2. The SMILES string of the molecule is Cc1nc([C@@H](Cc2ccsc2)NC(=O)CCn2cccn2)sc1C. The Morgan fingerprint density at radius 3 is 2.92 bits per heavy atom. The van der Waals surface area contributed by atoms with Crippen LogP contribution in [0.15, 0.2) is 35.3 Å². The zero-order valence-corrected chi connectivity index (χ0v) is 15.4. The molecule has 0 spiro atoms. The number of aromatic nitrogens is 3. The van der Waals surface area contributed by atoms with E-state index < -0.39 is 0 Å². The van der Waals surface area contributed by atoms with Crippen LogP contribution in [-0.2, 0) is 17.8 Å². The fourth-order valence-electron chi connectivity index (χ4n) is 2.41. The van der Waals surface area contributed by atoms with Crippen molar-refractivity contribution in [3.05, 3.63) is 56.4 Å². The summed E-state index contributed by atoms with van der Waals surface area (Å²) in [4.78, 5) is 18.2. The first kappa shape index (κ1) is 16.9. The largest absolute Gasteiger partial charge is 0.346 e. The Morgan fingerprint density at radius 2 is 2.29 bits per heavy atom. The van der Waals surface area contributed by atoms with Crippen molar-refractivity contribution in [1.29, 1.82) is 0 Å². The van der Waals surface area contributed by atoms with E-state index in [-0.39, 0.29) is 11.9 Å². The summed E-state index contributed by atoms with van der Waals surface area (Å²) in [6.07, 6.45) is 4.76. The maximum absolute atomic E-state index is 12.4. The van der Waals surface area contributed by atoms with Gasteiger partial charge in [0.1, 0.15) is 5.01 Å². The average molecular weight is 361 g/mol. The van der Waals surface area contributed by atoms with Gasteiger partial charge in [-0.1, -0.05) is 0 Å². The number of aryl methyl sites for hydroxylation is 3. The second-order valence-corrected chi connectivity index (χ2v) is 7.68. The summed E-state index contributed by atoms with van der Waals surface area (Å²) in [7, 11) is 0. The van der Waals surface area contributed by atoms with Gasteiger partial charge >= 0.3 is 0 Å². The highest BCUT2D eigenvalue weighted by atomic mass is 32.1. The summed E-state index contributed by atoms with van der Waals surface area (Å²) in [5, 5.41) is 12.4. The average Bonchev–Trinajstić information content (AvgIpc) is 3.29. The van der Waals surface area contributed by atoms with E-state index in [0.29, 0.717) is 13.0 Å². The molecule has 0 radical (unpaired) electrons. The molecule has 1 amide bonds. The molecule has 5 nitrogen and oxygen atoms in total. The van der Waals surface area contributed by atoms with Gasteiger partial charge in [0.05, 0.1) is 11.7 Å². The molecule has 0 saturated heterocycles. The second kappa shape index (κ2) is 7.72. The molecular formula is C17H20N4OS2. The number of rotatable bonds is 7. The molecule has 0 fully saturated rings. The molecule has 0 aliphatic carbocycles. The van der Waals surface area contributed by atoms with Crippen molar-refractivity contribution in [3.8, 4) is 0 Å². The number of thiophene rings is 1. The standard InChI is InChI=1S/C17H20N4OS2/c1-12-13(2)24-17(19-12)15(10-14-5-9-23-11-14)20-16(22)4-8-21-7-3-6-18-21/h3,5-7,9,11,15H,4,8,10H2,1-2H3,(H,20,22)/t15-/m1/s1. The third-order valence-electron chi connectivity index (χ3n) is 3.83. The molecule has 3 aromatic rings. The van der Waals surface area contributed by atoms with Gasteiger partial charge in [-0.3, -0.25) is 9.48 Å². The molecule has 0 saturated carbocycles. The lowest BCUT2D eigenvalue weighted by Gasteiger charge is -2.16. The van der Waals surface area contributed by atoms with Crippen LogP contribution < -0.4 is 5.32 Å². The predicted octanol–water partition coefficient (Wildman–Crippen LogP) is 3.51. The van der Waals surface area contributed by atoms with E-state index in [4.69, 9.17) is 0 Å². The maximum atomic E-state index is 12.4. The molecular weight excluding hydrogens is 340 g/mol. The molecule has 1 atom stereocenters. The van der Waals surface area contributed by atoms with E-state index in [1.54, 1.807) is 33.6 Å². The lowest BCUT2D eigenvalue weighted by molar-refractivity contribution is -0.122. The quantitative estimate of drug-likeness (QED) is 0.701. The Labute approximate surface area is 149 Å². The maximum Gasteiger partial charge on any atom is 0.222 e. The van der Waals surface area contributed by atoms with Crippen LogP contribution in [0.1, 0.15) is 33.6 Å². The van der Waals surface area contributed by atoms with Crippen molar-refractivity contribution >= 4 is 28.6 Å². The highest BCUT2D eigenvalue weighted by Crippen LogP contribution is 2.26. The van der Waals surface area contributed by atoms with Gasteiger partial charge in [-0.05, 0) is 42.3 Å². The van der Waals surface area contributed by atoms with Gasteiger partial charge in [-0.25, -0.2) is 4.98 Å². The molecule has 0 aliphatic heterocycles. The lowest BCUT2D eigenvalue weighted by Crippen LogP contribution is -2.30. The molecule has 0 aromatic carbocycles. The first-order valence-corrected chi connectivity index (χ1v) is 9.59. The molecule has 7 heteroatoms. The van der Waals surface area contributed by atoms with Gasteiger partial charge in [0.25, 0.3) is 0 Å².